The molecule has 0 bridgehead atoms. The van der Waals surface area contributed by atoms with E-state index in [0.29, 0.717) is 6.42 Å². The molecular weight excluding hydrogens is 176 g/mol. The van der Waals surface area contributed by atoms with Gasteiger partial charge >= 0.3 is 0 Å². The minimum absolute atomic E-state index is 0.122. The Bertz CT molecular complexity index is 213. The lowest BCUT2D eigenvalue weighted by atomic mass is 9.78. The zero-order chi connectivity index (χ0) is 10.8. The molecule has 1 heterocycles. The molecule has 82 valence electrons. The highest BCUT2D eigenvalue weighted by Crippen LogP contribution is 2.29. The largest absolute Gasteiger partial charge is 0.341 e. The molecule has 0 radical (unpaired) electrons. The number of likely N-dealkylation sites (tertiary alicyclic amines) is 1. The van der Waals surface area contributed by atoms with Gasteiger partial charge in [0.15, 0.2) is 0 Å². The fourth-order valence-electron chi connectivity index (χ4n) is 1.78. The summed E-state index contributed by atoms with van der Waals surface area (Å²) in [5.41, 5.74) is 6.23. The molecular formula is C11H22N2O. The van der Waals surface area contributed by atoms with Crippen LogP contribution in [0.15, 0.2) is 0 Å². The second-order valence-corrected chi connectivity index (χ2v) is 4.93. The van der Waals surface area contributed by atoms with Gasteiger partial charge in [-0.15, -0.1) is 0 Å². The molecule has 0 aromatic rings. The summed E-state index contributed by atoms with van der Waals surface area (Å²) in [6.07, 6.45) is 2.60. The van der Waals surface area contributed by atoms with Crippen LogP contribution in [-0.4, -0.2) is 29.9 Å². The number of carbonyl (C=O) groups excluding carboxylic acids is 1. The maximum atomic E-state index is 11.6. The van der Waals surface area contributed by atoms with Gasteiger partial charge in [0.25, 0.3) is 0 Å². The molecule has 1 aliphatic rings. The third-order valence-corrected chi connectivity index (χ3v) is 3.26. The van der Waals surface area contributed by atoms with Gasteiger partial charge in [0, 0.05) is 25.6 Å². The molecule has 1 unspecified atom stereocenters. The van der Waals surface area contributed by atoms with Gasteiger partial charge in [-0.25, -0.2) is 0 Å². The summed E-state index contributed by atoms with van der Waals surface area (Å²) in [6, 6.07) is 0.122. The molecule has 0 spiro atoms. The van der Waals surface area contributed by atoms with Crippen LogP contribution in [-0.2, 0) is 4.79 Å². The van der Waals surface area contributed by atoms with Gasteiger partial charge in [0.1, 0.15) is 0 Å². The van der Waals surface area contributed by atoms with E-state index in [-0.39, 0.29) is 17.4 Å². The molecule has 14 heavy (non-hydrogen) atoms. The number of hydrogen-bond acceptors (Lipinski definition) is 2. The molecule has 1 amide bonds. The van der Waals surface area contributed by atoms with Gasteiger partial charge in [-0.05, 0) is 18.3 Å². The Kier molecular flexibility index (Phi) is 3.53. The minimum Gasteiger partial charge on any atom is -0.341 e. The van der Waals surface area contributed by atoms with Crippen LogP contribution in [0.4, 0.5) is 0 Å². The van der Waals surface area contributed by atoms with Crippen molar-refractivity contribution in [1.29, 1.82) is 0 Å². The summed E-state index contributed by atoms with van der Waals surface area (Å²) in [6.45, 7) is 8.00. The molecule has 3 heteroatoms. The first-order valence-corrected chi connectivity index (χ1v) is 5.50. The zero-order valence-electron chi connectivity index (χ0n) is 9.55. The van der Waals surface area contributed by atoms with Crippen molar-refractivity contribution in [2.45, 2.75) is 46.1 Å². The third kappa shape index (κ3) is 2.47. The van der Waals surface area contributed by atoms with Gasteiger partial charge in [0.2, 0.25) is 5.91 Å². The summed E-state index contributed by atoms with van der Waals surface area (Å²) in [5.74, 6) is 0.262. The first-order valence-electron chi connectivity index (χ1n) is 5.50. The van der Waals surface area contributed by atoms with Gasteiger partial charge in [-0.3, -0.25) is 4.79 Å². The summed E-state index contributed by atoms with van der Waals surface area (Å²) in [7, 11) is 0. The van der Waals surface area contributed by atoms with Crippen LogP contribution in [0.25, 0.3) is 0 Å². The van der Waals surface area contributed by atoms with Crippen molar-refractivity contribution in [1.82, 2.24) is 4.90 Å². The van der Waals surface area contributed by atoms with Crippen molar-refractivity contribution >= 4 is 5.91 Å². The van der Waals surface area contributed by atoms with Crippen molar-refractivity contribution in [3.05, 3.63) is 0 Å². The highest BCUT2D eigenvalue weighted by molar-refractivity contribution is 5.76. The SMILES string of the molecule is CCCC(=O)N1CCC(C)(C)C(N)C1. The lowest BCUT2D eigenvalue weighted by Crippen LogP contribution is -2.54. The Morgan fingerprint density at radius 3 is 2.71 bits per heavy atom. The number of amides is 1. The molecule has 1 rings (SSSR count). The fraction of sp³-hybridized carbons (Fsp3) is 0.909. The van der Waals surface area contributed by atoms with Crippen molar-refractivity contribution in [3.8, 4) is 0 Å². The third-order valence-electron chi connectivity index (χ3n) is 3.26. The maximum Gasteiger partial charge on any atom is 0.222 e. The van der Waals surface area contributed by atoms with Crippen LogP contribution in [0.2, 0.25) is 0 Å². The molecule has 0 aliphatic carbocycles. The summed E-state index contributed by atoms with van der Waals surface area (Å²) in [4.78, 5) is 13.5. The van der Waals surface area contributed by atoms with E-state index in [1.54, 1.807) is 0 Å². The quantitative estimate of drug-likeness (QED) is 0.728. The Morgan fingerprint density at radius 2 is 2.21 bits per heavy atom. The molecule has 2 N–H and O–H groups in total. The Labute approximate surface area is 86.6 Å². The van der Waals surface area contributed by atoms with Crippen LogP contribution in [0.5, 0.6) is 0 Å². The smallest absolute Gasteiger partial charge is 0.222 e. The van der Waals surface area contributed by atoms with E-state index in [4.69, 9.17) is 5.73 Å². The standard InChI is InChI=1S/C11H22N2O/c1-4-5-10(14)13-7-6-11(2,3)9(12)8-13/h9H,4-8,12H2,1-3H3. The van der Waals surface area contributed by atoms with E-state index in [1.165, 1.54) is 0 Å². The van der Waals surface area contributed by atoms with E-state index in [0.717, 1.165) is 25.9 Å². The van der Waals surface area contributed by atoms with Gasteiger partial charge in [-0.2, -0.15) is 0 Å². The summed E-state index contributed by atoms with van der Waals surface area (Å²) < 4.78 is 0. The van der Waals surface area contributed by atoms with E-state index < -0.39 is 0 Å². The summed E-state index contributed by atoms with van der Waals surface area (Å²) >= 11 is 0. The van der Waals surface area contributed by atoms with Crippen LogP contribution in [0.3, 0.4) is 0 Å². The maximum absolute atomic E-state index is 11.6. The Balaban J connectivity index is 2.50. The topological polar surface area (TPSA) is 46.3 Å². The van der Waals surface area contributed by atoms with Crippen LogP contribution < -0.4 is 5.73 Å². The van der Waals surface area contributed by atoms with Crippen molar-refractivity contribution in [2.75, 3.05) is 13.1 Å². The fourth-order valence-corrected chi connectivity index (χ4v) is 1.78. The highest BCUT2D eigenvalue weighted by Gasteiger charge is 2.34. The molecule has 1 fully saturated rings. The predicted molar refractivity (Wildman–Crippen MR) is 57.9 cm³/mol. The van der Waals surface area contributed by atoms with Crippen molar-refractivity contribution in [3.63, 3.8) is 0 Å². The molecule has 1 atom stereocenters. The number of hydrogen-bond donors (Lipinski definition) is 1. The molecule has 0 aromatic heterocycles. The van der Waals surface area contributed by atoms with Crippen LogP contribution in [0.1, 0.15) is 40.0 Å². The number of nitrogens with two attached hydrogens (primary N) is 1. The first-order chi connectivity index (χ1) is 6.47. The number of piperidine rings is 1. The van der Waals surface area contributed by atoms with Gasteiger partial charge in [-0.1, -0.05) is 20.8 Å². The second kappa shape index (κ2) is 4.30. The van der Waals surface area contributed by atoms with Crippen LogP contribution >= 0.6 is 0 Å². The van der Waals surface area contributed by atoms with E-state index in [9.17, 15) is 4.79 Å². The van der Waals surface area contributed by atoms with E-state index in [1.807, 2.05) is 11.8 Å². The number of rotatable bonds is 2. The van der Waals surface area contributed by atoms with Gasteiger partial charge < -0.3 is 10.6 Å². The first kappa shape index (κ1) is 11.5. The average Bonchev–Trinajstić information content (AvgIpc) is 2.10. The van der Waals surface area contributed by atoms with E-state index >= 15 is 0 Å². The van der Waals surface area contributed by atoms with Gasteiger partial charge in [0.05, 0.1) is 0 Å². The lowest BCUT2D eigenvalue weighted by Gasteiger charge is -2.42. The lowest BCUT2D eigenvalue weighted by molar-refractivity contribution is -0.133. The predicted octanol–water partition coefficient (Wildman–Crippen LogP) is 1.37. The minimum atomic E-state index is 0.122. The number of carbonyl (C=O) groups is 1. The molecule has 1 aliphatic heterocycles. The average molecular weight is 198 g/mol. The molecule has 1 saturated heterocycles. The summed E-state index contributed by atoms with van der Waals surface area (Å²) in [5, 5.41) is 0. The molecule has 3 nitrogen and oxygen atoms in total. The molecule has 0 saturated carbocycles. The second-order valence-electron chi connectivity index (χ2n) is 4.93. The Morgan fingerprint density at radius 1 is 1.57 bits per heavy atom. The number of nitrogens with zero attached hydrogens (tertiary/aromatic N) is 1. The normalized spacial score (nSPS) is 26.3. The van der Waals surface area contributed by atoms with Crippen molar-refractivity contribution < 1.29 is 4.79 Å². The monoisotopic (exact) mass is 198 g/mol. The highest BCUT2D eigenvalue weighted by atomic mass is 16.2. The van der Waals surface area contributed by atoms with E-state index in [2.05, 4.69) is 13.8 Å². The van der Waals surface area contributed by atoms with Crippen LogP contribution in [0, 0.1) is 5.41 Å². The molecule has 0 aromatic carbocycles. The Hall–Kier alpha value is -0.570. The zero-order valence-corrected chi connectivity index (χ0v) is 9.55. The van der Waals surface area contributed by atoms with Crippen molar-refractivity contribution in [2.24, 2.45) is 11.1 Å².